The lowest BCUT2D eigenvalue weighted by molar-refractivity contribution is 0.281. The molecular weight excluding hydrogens is 352 g/mol. The van der Waals surface area contributed by atoms with Crippen molar-refractivity contribution in [2.24, 2.45) is 0 Å². The van der Waals surface area contributed by atoms with Crippen LogP contribution in [0.3, 0.4) is 0 Å². The highest BCUT2D eigenvalue weighted by Gasteiger charge is 2.35. The number of nitrogens with one attached hydrogen (secondary N) is 2. The molecule has 0 saturated carbocycles. The van der Waals surface area contributed by atoms with E-state index in [-0.39, 0.29) is 24.1 Å². The second-order valence-corrected chi connectivity index (χ2v) is 6.92. The van der Waals surface area contributed by atoms with E-state index in [4.69, 9.17) is 0 Å². The first-order valence-corrected chi connectivity index (χ1v) is 9.15. The van der Waals surface area contributed by atoms with Crippen molar-refractivity contribution in [2.75, 3.05) is 5.32 Å². The van der Waals surface area contributed by atoms with Crippen LogP contribution in [0.1, 0.15) is 34.5 Å². The molecule has 0 saturated heterocycles. The van der Waals surface area contributed by atoms with Gasteiger partial charge in [0, 0.05) is 17.3 Å². The summed E-state index contributed by atoms with van der Waals surface area (Å²) in [6.07, 6.45) is 1.77. The smallest absolute Gasteiger partial charge is 0.272 e. The normalized spacial score (nSPS) is 18.0. The zero-order valence-electron chi connectivity index (χ0n) is 15.0. The summed E-state index contributed by atoms with van der Waals surface area (Å²) in [6.45, 7) is -0.0344. The molecule has 3 N–H and O–H groups in total. The summed E-state index contributed by atoms with van der Waals surface area (Å²) in [5.74, 6) is -0.171. The zero-order valence-corrected chi connectivity index (χ0v) is 15.0. The molecule has 0 radical (unpaired) electrons. The molecule has 2 aromatic carbocycles. The number of hydrogen-bond donors (Lipinski definition) is 3. The number of nitrogens with zero attached hydrogens (tertiary/aromatic N) is 2. The third kappa shape index (κ3) is 2.58. The van der Waals surface area contributed by atoms with Crippen LogP contribution in [0.2, 0.25) is 0 Å². The van der Waals surface area contributed by atoms with Crippen LogP contribution in [0.4, 0.5) is 5.69 Å². The molecular formula is C22H18N4O2. The summed E-state index contributed by atoms with van der Waals surface area (Å²) in [5.41, 5.74) is 4.19. The molecule has 2 aromatic heterocycles. The van der Waals surface area contributed by atoms with Crippen LogP contribution in [0.5, 0.6) is 0 Å². The van der Waals surface area contributed by atoms with Crippen molar-refractivity contribution in [1.29, 1.82) is 0 Å². The first-order valence-electron chi connectivity index (χ1n) is 9.15. The number of pyridine rings is 1. The highest BCUT2D eigenvalue weighted by Crippen LogP contribution is 2.45. The Hall–Kier alpha value is -3.51. The molecule has 2 atom stereocenters. The molecule has 0 bridgehead atoms. The van der Waals surface area contributed by atoms with Gasteiger partial charge in [0.05, 0.1) is 35.3 Å². The Kier molecular flexibility index (Phi) is 3.91. The second kappa shape index (κ2) is 6.58. The lowest BCUT2D eigenvalue weighted by Crippen LogP contribution is -2.28. The number of H-pyrrole nitrogens is 1. The zero-order chi connectivity index (χ0) is 19.1. The second-order valence-electron chi connectivity index (χ2n) is 6.92. The van der Waals surface area contributed by atoms with Crippen LogP contribution < -0.4 is 10.9 Å². The molecule has 5 rings (SSSR count). The van der Waals surface area contributed by atoms with Crippen LogP contribution in [-0.2, 0) is 6.61 Å². The Balaban J connectivity index is 1.80. The third-order valence-corrected chi connectivity index (χ3v) is 5.28. The summed E-state index contributed by atoms with van der Waals surface area (Å²) in [4.78, 5) is 16.9. The number of hydrogen-bond acceptors (Lipinski definition) is 5. The molecule has 4 aromatic rings. The molecule has 2 unspecified atom stereocenters. The Morgan fingerprint density at radius 3 is 2.75 bits per heavy atom. The number of aliphatic hydroxyl groups excluding tert-OH is 1. The van der Waals surface area contributed by atoms with Crippen LogP contribution in [0.25, 0.3) is 10.8 Å². The van der Waals surface area contributed by atoms with Crippen molar-refractivity contribution >= 4 is 16.5 Å². The lowest BCUT2D eigenvalue weighted by atomic mass is 9.81. The first kappa shape index (κ1) is 16.6. The van der Waals surface area contributed by atoms with Crippen LogP contribution in [0, 0.1) is 0 Å². The van der Waals surface area contributed by atoms with E-state index in [0.717, 1.165) is 33.6 Å². The van der Waals surface area contributed by atoms with E-state index in [1.54, 1.807) is 6.20 Å². The fraction of sp³-hybridized carbons (Fsp3) is 0.136. The molecule has 1 aliphatic rings. The minimum atomic E-state index is -0.207. The fourth-order valence-corrected chi connectivity index (χ4v) is 4.04. The molecule has 0 aliphatic carbocycles. The predicted molar refractivity (Wildman–Crippen MR) is 107 cm³/mol. The Morgan fingerprint density at radius 1 is 1.04 bits per heavy atom. The lowest BCUT2D eigenvalue weighted by Gasteiger charge is -2.34. The van der Waals surface area contributed by atoms with Gasteiger partial charge in [-0.25, -0.2) is 5.10 Å². The molecule has 6 nitrogen and oxygen atoms in total. The maximum atomic E-state index is 12.3. The van der Waals surface area contributed by atoms with E-state index in [1.165, 1.54) is 0 Å². The van der Waals surface area contributed by atoms with Gasteiger partial charge in [0.15, 0.2) is 0 Å². The number of rotatable bonds is 3. The van der Waals surface area contributed by atoms with Crippen molar-refractivity contribution in [2.45, 2.75) is 18.6 Å². The van der Waals surface area contributed by atoms with E-state index in [1.807, 2.05) is 60.7 Å². The quantitative estimate of drug-likeness (QED) is 0.515. The van der Waals surface area contributed by atoms with Gasteiger partial charge in [-0.1, -0.05) is 36.4 Å². The summed E-state index contributed by atoms with van der Waals surface area (Å²) < 4.78 is 0. The largest absolute Gasteiger partial charge is 0.392 e. The fourth-order valence-electron chi connectivity index (χ4n) is 4.04. The van der Waals surface area contributed by atoms with Crippen molar-refractivity contribution in [3.63, 3.8) is 0 Å². The average Bonchev–Trinajstić information content (AvgIpc) is 2.76. The van der Waals surface area contributed by atoms with Gasteiger partial charge in [0.25, 0.3) is 5.56 Å². The van der Waals surface area contributed by atoms with Gasteiger partial charge >= 0.3 is 0 Å². The van der Waals surface area contributed by atoms with Crippen LogP contribution in [-0.4, -0.2) is 20.3 Å². The number of aliphatic hydroxyl groups is 1. The SMILES string of the molecule is O=c1[nH]nc2c3c(cccc13)NC(c1ccccn1)C2c1cccc(CO)c1. The van der Waals surface area contributed by atoms with Crippen molar-refractivity contribution in [1.82, 2.24) is 15.2 Å². The topological polar surface area (TPSA) is 90.9 Å². The maximum Gasteiger partial charge on any atom is 0.272 e. The average molecular weight is 370 g/mol. The highest BCUT2D eigenvalue weighted by molar-refractivity contribution is 5.97. The minimum Gasteiger partial charge on any atom is -0.392 e. The first-order chi connectivity index (χ1) is 13.8. The third-order valence-electron chi connectivity index (χ3n) is 5.28. The summed E-state index contributed by atoms with van der Waals surface area (Å²) in [7, 11) is 0. The van der Waals surface area contributed by atoms with Gasteiger partial charge in [-0.05, 0) is 35.4 Å². The highest BCUT2D eigenvalue weighted by atomic mass is 16.3. The van der Waals surface area contributed by atoms with Gasteiger partial charge in [-0.3, -0.25) is 9.78 Å². The van der Waals surface area contributed by atoms with Crippen molar-refractivity contribution in [3.8, 4) is 0 Å². The van der Waals surface area contributed by atoms with Gasteiger partial charge in [-0.2, -0.15) is 5.10 Å². The molecule has 6 heteroatoms. The number of benzene rings is 2. The van der Waals surface area contributed by atoms with E-state index in [9.17, 15) is 9.90 Å². The van der Waals surface area contributed by atoms with Crippen molar-refractivity contribution in [3.05, 3.63) is 99.7 Å². The molecule has 138 valence electrons. The molecule has 3 heterocycles. The van der Waals surface area contributed by atoms with Crippen molar-refractivity contribution < 1.29 is 5.11 Å². The Bertz CT molecular complexity index is 1220. The summed E-state index contributed by atoms with van der Waals surface area (Å²) >= 11 is 0. The van der Waals surface area contributed by atoms with E-state index < -0.39 is 0 Å². The Labute approximate surface area is 160 Å². The van der Waals surface area contributed by atoms with Gasteiger partial charge in [0.2, 0.25) is 0 Å². The molecule has 0 spiro atoms. The van der Waals surface area contributed by atoms with E-state index >= 15 is 0 Å². The number of anilines is 1. The monoisotopic (exact) mass is 370 g/mol. The molecule has 1 aliphatic heterocycles. The van der Waals surface area contributed by atoms with Gasteiger partial charge in [-0.15, -0.1) is 0 Å². The summed E-state index contributed by atoms with van der Waals surface area (Å²) in [5, 5.41) is 21.7. The van der Waals surface area contributed by atoms with Crippen LogP contribution >= 0.6 is 0 Å². The molecule has 0 amide bonds. The standard InChI is InChI=1S/C22H18N4O2/c27-12-13-5-3-6-14(11-13)18-20(17-8-1-2-10-23-17)24-16-9-4-7-15-19(16)21(18)25-26-22(15)28/h1-11,18,20,24,27H,12H2,(H,26,28). The maximum absolute atomic E-state index is 12.3. The summed E-state index contributed by atoms with van der Waals surface area (Å²) in [6, 6.07) is 19.1. The van der Waals surface area contributed by atoms with Crippen LogP contribution in [0.15, 0.2) is 71.7 Å². The van der Waals surface area contributed by atoms with Gasteiger partial charge in [0.1, 0.15) is 0 Å². The van der Waals surface area contributed by atoms with E-state index in [2.05, 4.69) is 20.5 Å². The molecule has 28 heavy (non-hydrogen) atoms. The Morgan fingerprint density at radius 2 is 1.93 bits per heavy atom. The number of aromatic amines is 1. The number of aromatic nitrogens is 3. The predicted octanol–water partition coefficient (Wildman–Crippen LogP) is 3.11. The molecule has 0 fully saturated rings. The van der Waals surface area contributed by atoms with E-state index in [0.29, 0.717) is 5.39 Å². The van der Waals surface area contributed by atoms with Gasteiger partial charge < -0.3 is 10.4 Å². The minimum absolute atomic E-state index is 0.0344.